The number of benzene rings is 3. The normalized spacial score (nSPS) is 11.2. The summed E-state index contributed by atoms with van der Waals surface area (Å²) in [5.74, 6) is -0.713. The lowest BCUT2D eigenvalue weighted by Crippen LogP contribution is -2.14. The first-order valence-electron chi connectivity index (χ1n) is 9.63. The third kappa shape index (κ3) is 5.05. The number of hydrogen-bond donors (Lipinski definition) is 1. The molecule has 0 fully saturated rings. The molecule has 3 aromatic carbocycles. The molecule has 0 heterocycles. The van der Waals surface area contributed by atoms with Crippen molar-refractivity contribution in [3.63, 3.8) is 0 Å². The molecule has 3 aromatic rings. The highest BCUT2D eigenvalue weighted by Gasteiger charge is 2.33. The molecule has 32 heavy (non-hydrogen) atoms. The summed E-state index contributed by atoms with van der Waals surface area (Å²) < 4.78 is 44.1. The zero-order valence-electron chi connectivity index (χ0n) is 17.2. The zero-order valence-corrected chi connectivity index (χ0v) is 17.2. The van der Waals surface area contributed by atoms with Crippen LogP contribution in [0.2, 0.25) is 0 Å². The first kappa shape index (κ1) is 22.8. The number of hydrogen-bond acceptors (Lipinski definition) is 4. The van der Waals surface area contributed by atoms with Gasteiger partial charge in [-0.15, -0.1) is 0 Å². The van der Waals surface area contributed by atoms with Crippen LogP contribution in [-0.4, -0.2) is 10.8 Å². The molecule has 0 saturated heterocycles. The van der Waals surface area contributed by atoms with E-state index in [-0.39, 0.29) is 17.1 Å². The molecule has 0 radical (unpaired) electrons. The summed E-state index contributed by atoms with van der Waals surface area (Å²) in [6.45, 7) is 3.84. The molecular formula is C23H19F3N2O4. The Morgan fingerprint density at radius 2 is 1.81 bits per heavy atom. The van der Waals surface area contributed by atoms with Crippen LogP contribution in [0.15, 0.2) is 60.7 Å². The first-order chi connectivity index (χ1) is 15.1. The van der Waals surface area contributed by atoms with Crippen LogP contribution in [0.5, 0.6) is 11.5 Å². The van der Waals surface area contributed by atoms with Crippen LogP contribution in [0.4, 0.5) is 24.5 Å². The second-order valence-electron chi connectivity index (χ2n) is 6.98. The fraction of sp³-hybridized carbons (Fsp3) is 0.174. The Labute approximate surface area is 181 Å². The number of halogens is 3. The van der Waals surface area contributed by atoms with Crippen molar-refractivity contribution in [1.82, 2.24) is 0 Å². The summed E-state index contributed by atoms with van der Waals surface area (Å²) >= 11 is 0. The van der Waals surface area contributed by atoms with Crippen LogP contribution in [0.3, 0.4) is 0 Å². The topological polar surface area (TPSA) is 81.5 Å². The number of nitrogens with one attached hydrogen (secondary N) is 1. The molecule has 0 bridgehead atoms. The van der Waals surface area contributed by atoms with Crippen molar-refractivity contribution in [3.8, 4) is 11.5 Å². The van der Waals surface area contributed by atoms with Crippen LogP contribution in [0.25, 0.3) is 0 Å². The van der Waals surface area contributed by atoms with E-state index in [1.165, 1.54) is 24.3 Å². The van der Waals surface area contributed by atoms with Gasteiger partial charge in [0.2, 0.25) is 5.75 Å². The molecule has 0 aromatic heterocycles. The summed E-state index contributed by atoms with van der Waals surface area (Å²) in [6.07, 6.45) is -4.01. The fourth-order valence-electron chi connectivity index (χ4n) is 3.14. The number of ether oxygens (including phenoxy) is 1. The van der Waals surface area contributed by atoms with E-state index in [0.717, 1.165) is 23.6 Å². The molecule has 166 valence electrons. The predicted octanol–water partition coefficient (Wildman–Crippen LogP) is 6.53. The van der Waals surface area contributed by atoms with Crippen LogP contribution in [0, 0.1) is 17.0 Å². The second kappa shape index (κ2) is 9.09. The number of anilines is 1. The summed E-state index contributed by atoms with van der Waals surface area (Å²) in [5, 5.41) is 14.1. The third-order valence-corrected chi connectivity index (χ3v) is 4.79. The number of nitro groups is 1. The molecule has 6 nitrogen and oxygen atoms in total. The smallest absolute Gasteiger partial charge is 0.416 e. The van der Waals surface area contributed by atoms with E-state index in [2.05, 4.69) is 5.32 Å². The number of alkyl halides is 3. The number of nitrogens with zero attached hydrogens (tertiary/aromatic N) is 1. The number of carbonyl (C=O) groups is 1. The van der Waals surface area contributed by atoms with E-state index >= 15 is 0 Å². The van der Waals surface area contributed by atoms with Crippen molar-refractivity contribution in [3.05, 3.63) is 93.0 Å². The van der Waals surface area contributed by atoms with Crippen molar-refractivity contribution >= 4 is 17.3 Å². The summed E-state index contributed by atoms with van der Waals surface area (Å²) in [4.78, 5) is 23.1. The Balaban J connectivity index is 1.87. The van der Waals surface area contributed by atoms with Crippen LogP contribution in [-0.2, 0) is 12.6 Å². The maximum atomic E-state index is 12.9. The van der Waals surface area contributed by atoms with Crippen molar-refractivity contribution in [2.24, 2.45) is 0 Å². The third-order valence-electron chi connectivity index (χ3n) is 4.79. The van der Waals surface area contributed by atoms with Crippen molar-refractivity contribution in [2.75, 3.05) is 5.32 Å². The highest BCUT2D eigenvalue weighted by atomic mass is 19.4. The average molecular weight is 444 g/mol. The van der Waals surface area contributed by atoms with Crippen LogP contribution >= 0.6 is 0 Å². The fourth-order valence-corrected chi connectivity index (χ4v) is 3.14. The Hall–Kier alpha value is -3.88. The molecule has 1 N–H and O–H groups in total. The van der Waals surface area contributed by atoms with E-state index in [1.54, 1.807) is 0 Å². The van der Waals surface area contributed by atoms with E-state index < -0.39 is 28.3 Å². The van der Waals surface area contributed by atoms with Gasteiger partial charge in [0.05, 0.1) is 10.5 Å². The SMILES string of the molecule is CCc1cccc(C)c1NC(=O)c1cccc(Oc2ccc(C(F)(F)F)cc2[N+](=O)[O-])c1. The van der Waals surface area contributed by atoms with Gasteiger partial charge in [0.1, 0.15) is 5.75 Å². The summed E-state index contributed by atoms with van der Waals surface area (Å²) in [7, 11) is 0. The maximum absolute atomic E-state index is 12.9. The zero-order chi connectivity index (χ0) is 23.5. The van der Waals surface area contributed by atoms with Gasteiger partial charge in [-0.25, -0.2) is 0 Å². The molecular weight excluding hydrogens is 425 g/mol. The van der Waals surface area contributed by atoms with E-state index in [4.69, 9.17) is 4.74 Å². The summed E-state index contributed by atoms with van der Waals surface area (Å²) in [5.41, 5.74) is 0.792. The predicted molar refractivity (Wildman–Crippen MR) is 113 cm³/mol. The number of nitro benzene ring substituents is 1. The number of aryl methyl sites for hydroxylation is 2. The Morgan fingerprint density at radius 1 is 1.09 bits per heavy atom. The number of carbonyl (C=O) groups excluding carboxylic acids is 1. The van der Waals surface area contributed by atoms with Gasteiger partial charge in [0.15, 0.2) is 0 Å². The Morgan fingerprint density at radius 3 is 2.47 bits per heavy atom. The minimum absolute atomic E-state index is 0.0704. The maximum Gasteiger partial charge on any atom is 0.416 e. The van der Waals surface area contributed by atoms with Crippen molar-refractivity contribution in [1.29, 1.82) is 0 Å². The summed E-state index contributed by atoms with van der Waals surface area (Å²) in [6, 6.07) is 13.5. The molecule has 0 aliphatic rings. The van der Waals surface area contributed by atoms with Gasteiger partial charge in [-0.1, -0.05) is 31.2 Å². The molecule has 9 heteroatoms. The van der Waals surface area contributed by atoms with Gasteiger partial charge in [-0.05, 0) is 54.8 Å². The lowest BCUT2D eigenvalue weighted by Gasteiger charge is -2.14. The van der Waals surface area contributed by atoms with Gasteiger partial charge in [-0.2, -0.15) is 13.2 Å². The van der Waals surface area contributed by atoms with Crippen LogP contribution < -0.4 is 10.1 Å². The lowest BCUT2D eigenvalue weighted by molar-refractivity contribution is -0.385. The molecule has 0 spiro atoms. The van der Waals surface area contributed by atoms with Crippen LogP contribution in [0.1, 0.15) is 34.0 Å². The minimum Gasteiger partial charge on any atom is -0.450 e. The molecule has 3 rings (SSSR count). The van der Waals surface area contributed by atoms with E-state index in [1.807, 2.05) is 32.0 Å². The van der Waals surface area contributed by atoms with Gasteiger partial charge in [0, 0.05) is 17.3 Å². The van der Waals surface area contributed by atoms with Gasteiger partial charge in [0.25, 0.3) is 5.91 Å². The van der Waals surface area contributed by atoms with Gasteiger partial charge in [-0.3, -0.25) is 14.9 Å². The highest BCUT2D eigenvalue weighted by molar-refractivity contribution is 6.05. The molecule has 0 saturated carbocycles. The Bertz CT molecular complexity index is 1180. The first-order valence-corrected chi connectivity index (χ1v) is 9.63. The number of amides is 1. The number of rotatable bonds is 6. The minimum atomic E-state index is -4.73. The number of para-hydroxylation sites is 1. The highest BCUT2D eigenvalue weighted by Crippen LogP contribution is 2.38. The van der Waals surface area contributed by atoms with Gasteiger partial charge >= 0.3 is 11.9 Å². The monoisotopic (exact) mass is 444 g/mol. The molecule has 0 atom stereocenters. The second-order valence-corrected chi connectivity index (χ2v) is 6.98. The van der Waals surface area contributed by atoms with Crippen molar-refractivity contribution in [2.45, 2.75) is 26.4 Å². The molecule has 0 unspecified atom stereocenters. The quantitative estimate of drug-likeness (QED) is 0.346. The largest absolute Gasteiger partial charge is 0.450 e. The molecule has 1 amide bonds. The van der Waals surface area contributed by atoms with E-state index in [0.29, 0.717) is 17.8 Å². The van der Waals surface area contributed by atoms with E-state index in [9.17, 15) is 28.1 Å². The molecule has 0 aliphatic heterocycles. The standard InChI is InChI=1S/C23H19F3N2O4/c1-3-15-7-4-6-14(2)21(15)27-22(29)16-8-5-9-18(12-16)32-20-11-10-17(23(24,25)26)13-19(20)28(30)31/h4-13H,3H2,1-2H3,(H,27,29). The average Bonchev–Trinajstić information content (AvgIpc) is 2.74. The van der Waals surface area contributed by atoms with Crippen molar-refractivity contribution < 1.29 is 27.6 Å². The Kier molecular flexibility index (Phi) is 6.47. The van der Waals surface area contributed by atoms with Gasteiger partial charge < -0.3 is 10.1 Å². The molecule has 0 aliphatic carbocycles. The lowest BCUT2D eigenvalue weighted by atomic mass is 10.1.